The van der Waals surface area contributed by atoms with Crippen molar-refractivity contribution in [2.45, 2.75) is 12.5 Å². The van der Waals surface area contributed by atoms with Gasteiger partial charge in [0, 0.05) is 17.0 Å². The van der Waals surface area contributed by atoms with E-state index in [0.29, 0.717) is 22.6 Å². The number of amides is 1. The number of esters is 1. The third kappa shape index (κ3) is 3.95. The van der Waals surface area contributed by atoms with Gasteiger partial charge in [-0.3, -0.25) is 4.79 Å². The Kier molecular flexibility index (Phi) is 5.47. The zero-order valence-corrected chi connectivity index (χ0v) is 17.1. The van der Waals surface area contributed by atoms with Gasteiger partial charge in [-0.1, -0.05) is 29.8 Å². The van der Waals surface area contributed by atoms with Crippen molar-refractivity contribution in [1.29, 1.82) is 0 Å². The second-order valence-electron chi connectivity index (χ2n) is 6.51. The molecule has 1 aromatic heterocycles. The monoisotopic (exact) mass is 424 g/mol. The molecule has 3 aromatic rings. The average molecular weight is 425 g/mol. The molecule has 1 amide bonds. The molecule has 5 nitrogen and oxygen atoms in total. The molecule has 0 spiro atoms. The van der Waals surface area contributed by atoms with E-state index in [4.69, 9.17) is 16.3 Å². The van der Waals surface area contributed by atoms with Gasteiger partial charge in [0.05, 0.1) is 29.3 Å². The molecule has 1 aliphatic heterocycles. The standard InChI is InChI=1S/C22H17ClN2O3S/c1-28-22(27)16-6-4-14(5-7-16)19-13-18(20-3-2-12-29-20)24-25(19)21(26)15-8-10-17(23)11-9-15/h2-12,19H,13H2,1H3. The fraction of sp³-hybridized carbons (Fsp3) is 0.136. The van der Waals surface area contributed by atoms with Gasteiger partial charge in [-0.2, -0.15) is 5.10 Å². The first-order chi connectivity index (χ1) is 14.1. The van der Waals surface area contributed by atoms with Crippen molar-refractivity contribution in [2.75, 3.05) is 7.11 Å². The molecule has 29 heavy (non-hydrogen) atoms. The summed E-state index contributed by atoms with van der Waals surface area (Å²) in [5.41, 5.74) is 2.74. The summed E-state index contributed by atoms with van der Waals surface area (Å²) in [5.74, 6) is -0.595. The van der Waals surface area contributed by atoms with Crippen molar-refractivity contribution in [1.82, 2.24) is 5.01 Å². The number of methoxy groups -OCH3 is 1. The summed E-state index contributed by atoms with van der Waals surface area (Å²) in [6.07, 6.45) is 0.595. The number of halogens is 1. The molecule has 146 valence electrons. The molecule has 4 rings (SSSR count). The van der Waals surface area contributed by atoms with E-state index in [9.17, 15) is 9.59 Å². The number of carbonyl (C=O) groups is 2. The van der Waals surface area contributed by atoms with Gasteiger partial charge in [0.1, 0.15) is 0 Å². The topological polar surface area (TPSA) is 59.0 Å². The molecule has 0 saturated heterocycles. The molecule has 0 aliphatic carbocycles. The Morgan fingerprint density at radius 1 is 1.07 bits per heavy atom. The van der Waals surface area contributed by atoms with Crippen LogP contribution in [0.2, 0.25) is 5.02 Å². The van der Waals surface area contributed by atoms with Crippen LogP contribution in [-0.4, -0.2) is 29.7 Å². The number of hydrazone groups is 1. The van der Waals surface area contributed by atoms with Gasteiger partial charge >= 0.3 is 5.97 Å². The maximum Gasteiger partial charge on any atom is 0.337 e. The minimum absolute atomic E-state index is 0.199. The van der Waals surface area contributed by atoms with E-state index in [2.05, 4.69) is 5.10 Å². The summed E-state index contributed by atoms with van der Waals surface area (Å²) in [6, 6.07) is 17.6. The largest absolute Gasteiger partial charge is 0.465 e. The second kappa shape index (κ2) is 8.19. The maximum absolute atomic E-state index is 13.2. The highest BCUT2D eigenvalue weighted by atomic mass is 35.5. The lowest BCUT2D eigenvalue weighted by atomic mass is 9.99. The fourth-order valence-electron chi connectivity index (χ4n) is 3.23. The first-order valence-corrected chi connectivity index (χ1v) is 10.2. The van der Waals surface area contributed by atoms with Crippen molar-refractivity contribution in [3.05, 3.63) is 92.6 Å². The molecule has 1 atom stereocenters. The summed E-state index contributed by atoms with van der Waals surface area (Å²) in [4.78, 5) is 25.9. The molecule has 0 fully saturated rings. The number of carbonyl (C=O) groups excluding carboxylic acids is 2. The predicted octanol–water partition coefficient (Wildman–Crippen LogP) is 5.18. The Balaban J connectivity index is 1.68. The lowest BCUT2D eigenvalue weighted by molar-refractivity contribution is 0.0599. The van der Waals surface area contributed by atoms with Crippen molar-refractivity contribution < 1.29 is 14.3 Å². The Bertz CT molecular complexity index is 1060. The van der Waals surface area contributed by atoms with Crippen molar-refractivity contribution in [3.8, 4) is 0 Å². The SMILES string of the molecule is COC(=O)c1ccc(C2CC(c3cccs3)=NN2C(=O)c2ccc(Cl)cc2)cc1. The van der Waals surface area contributed by atoms with Gasteiger partial charge in [-0.15, -0.1) is 11.3 Å². The molecule has 1 aliphatic rings. The first-order valence-electron chi connectivity index (χ1n) is 8.95. The van der Waals surface area contributed by atoms with Gasteiger partial charge in [-0.05, 0) is 53.4 Å². The Morgan fingerprint density at radius 2 is 1.76 bits per heavy atom. The van der Waals surface area contributed by atoms with E-state index >= 15 is 0 Å². The van der Waals surface area contributed by atoms with Crippen molar-refractivity contribution >= 4 is 40.5 Å². The summed E-state index contributed by atoms with van der Waals surface area (Å²) in [5, 5.41) is 8.72. The van der Waals surface area contributed by atoms with Crippen molar-refractivity contribution in [3.63, 3.8) is 0 Å². The minimum Gasteiger partial charge on any atom is -0.465 e. The highest BCUT2D eigenvalue weighted by Crippen LogP contribution is 2.35. The highest BCUT2D eigenvalue weighted by Gasteiger charge is 2.34. The number of rotatable bonds is 4. The summed E-state index contributed by atoms with van der Waals surface area (Å²) in [6.45, 7) is 0. The highest BCUT2D eigenvalue weighted by molar-refractivity contribution is 7.12. The molecule has 1 unspecified atom stereocenters. The molecular weight excluding hydrogens is 408 g/mol. The van der Waals surface area contributed by atoms with Gasteiger partial charge in [0.2, 0.25) is 0 Å². The smallest absolute Gasteiger partial charge is 0.337 e. The molecule has 0 bridgehead atoms. The molecular formula is C22H17ClN2O3S. The van der Waals surface area contributed by atoms with Crippen LogP contribution in [0.3, 0.4) is 0 Å². The van der Waals surface area contributed by atoms with Gasteiger partial charge in [0.25, 0.3) is 5.91 Å². The van der Waals surface area contributed by atoms with E-state index in [0.717, 1.165) is 16.2 Å². The Hall–Kier alpha value is -2.96. The third-order valence-corrected chi connectivity index (χ3v) is 5.90. The van der Waals surface area contributed by atoms with Crippen LogP contribution in [0.1, 0.15) is 43.6 Å². The van der Waals surface area contributed by atoms with Crippen LogP contribution in [0, 0.1) is 0 Å². The minimum atomic E-state index is -0.396. The van der Waals surface area contributed by atoms with E-state index in [1.807, 2.05) is 29.6 Å². The summed E-state index contributed by atoms with van der Waals surface area (Å²) >= 11 is 7.55. The number of thiophene rings is 1. The third-order valence-electron chi connectivity index (χ3n) is 4.73. The average Bonchev–Trinajstić information content (AvgIpc) is 3.43. The van der Waals surface area contributed by atoms with Gasteiger partial charge < -0.3 is 4.74 Å². The van der Waals surface area contributed by atoms with E-state index in [-0.39, 0.29) is 11.9 Å². The fourth-order valence-corrected chi connectivity index (χ4v) is 4.08. The van der Waals surface area contributed by atoms with Crippen LogP contribution in [0.15, 0.2) is 71.1 Å². The lowest BCUT2D eigenvalue weighted by Crippen LogP contribution is -2.27. The predicted molar refractivity (Wildman–Crippen MR) is 114 cm³/mol. The van der Waals surface area contributed by atoms with Crippen LogP contribution in [-0.2, 0) is 4.74 Å². The van der Waals surface area contributed by atoms with Crippen LogP contribution < -0.4 is 0 Å². The van der Waals surface area contributed by atoms with E-state index < -0.39 is 5.97 Å². The van der Waals surface area contributed by atoms with Crippen LogP contribution in [0.4, 0.5) is 0 Å². The normalized spacial score (nSPS) is 15.9. The molecule has 0 radical (unpaired) electrons. The lowest BCUT2D eigenvalue weighted by Gasteiger charge is -2.22. The molecule has 0 saturated carbocycles. The van der Waals surface area contributed by atoms with Crippen LogP contribution >= 0.6 is 22.9 Å². The first kappa shape index (κ1) is 19.4. The van der Waals surface area contributed by atoms with E-state index in [1.165, 1.54) is 12.1 Å². The number of benzene rings is 2. The Morgan fingerprint density at radius 3 is 2.38 bits per heavy atom. The molecule has 7 heteroatoms. The zero-order chi connectivity index (χ0) is 20.4. The number of nitrogens with zero attached hydrogens (tertiary/aromatic N) is 2. The number of hydrogen-bond donors (Lipinski definition) is 0. The number of hydrogen-bond acceptors (Lipinski definition) is 5. The number of ether oxygens (including phenoxy) is 1. The molecule has 2 aromatic carbocycles. The summed E-state index contributed by atoms with van der Waals surface area (Å²) in [7, 11) is 1.35. The zero-order valence-electron chi connectivity index (χ0n) is 15.5. The maximum atomic E-state index is 13.2. The van der Waals surface area contributed by atoms with Gasteiger partial charge in [-0.25, -0.2) is 9.80 Å². The second-order valence-corrected chi connectivity index (χ2v) is 7.90. The Labute approximate surface area is 177 Å². The summed E-state index contributed by atoms with van der Waals surface area (Å²) < 4.78 is 4.76. The van der Waals surface area contributed by atoms with Gasteiger partial charge in [0.15, 0.2) is 0 Å². The quantitative estimate of drug-likeness (QED) is 0.542. The van der Waals surface area contributed by atoms with Crippen LogP contribution in [0.5, 0.6) is 0 Å². The molecule has 2 heterocycles. The van der Waals surface area contributed by atoms with E-state index in [1.54, 1.807) is 47.7 Å². The van der Waals surface area contributed by atoms with Crippen LogP contribution in [0.25, 0.3) is 0 Å². The molecule has 0 N–H and O–H groups in total. The van der Waals surface area contributed by atoms with Crippen molar-refractivity contribution in [2.24, 2.45) is 5.10 Å².